The predicted molar refractivity (Wildman–Crippen MR) is 80.3 cm³/mol. The number of rotatable bonds is 9. The topological polar surface area (TPSA) is 27.7 Å². The monoisotopic (exact) mass is 302 g/mol. The van der Waals surface area contributed by atoms with E-state index in [0.717, 1.165) is 11.1 Å². The second-order valence-corrected chi connectivity index (χ2v) is 6.96. The van der Waals surface area contributed by atoms with Crippen molar-refractivity contribution in [3.8, 4) is 0 Å². The molecule has 0 unspecified atom stereocenters. The maximum atomic E-state index is 5.84. The van der Waals surface area contributed by atoms with Crippen LogP contribution in [0.2, 0.25) is 0 Å². The zero-order valence-corrected chi connectivity index (χ0v) is 13.7. The van der Waals surface area contributed by atoms with Gasteiger partial charge in [0, 0.05) is 31.7 Å². The SMILES string of the molecule is CCO[Si](Cc1ccc(CCl)cc1)(OCC)OCC. The number of hydrogen-bond donors (Lipinski definition) is 0. The molecule has 0 aliphatic rings. The molecule has 0 radical (unpaired) electrons. The molecule has 1 aromatic carbocycles. The first kappa shape index (κ1) is 16.7. The van der Waals surface area contributed by atoms with E-state index in [2.05, 4.69) is 12.1 Å². The van der Waals surface area contributed by atoms with Gasteiger partial charge < -0.3 is 13.3 Å². The summed E-state index contributed by atoms with van der Waals surface area (Å²) in [5.74, 6) is 0.533. The van der Waals surface area contributed by atoms with Gasteiger partial charge in [0.25, 0.3) is 0 Å². The fraction of sp³-hybridized carbons (Fsp3) is 0.571. The van der Waals surface area contributed by atoms with Crippen LogP contribution in [0, 0.1) is 0 Å². The van der Waals surface area contributed by atoms with Crippen LogP contribution in [0.4, 0.5) is 0 Å². The summed E-state index contributed by atoms with van der Waals surface area (Å²) in [4.78, 5) is 0. The lowest BCUT2D eigenvalue weighted by Gasteiger charge is -2.28. The van der Waals surface area contributed by atoms with E-state index in [0.29, 0.717) is 31.7 Å². The summed E-state index contributed by atoms with van der Waals surface area (Å²) in [6.07, 6.45) is 0. The number of alkyl halides is 1. The molecular weight excluding hydrogens is 280 g/mol. The Hall–Kier alpha value is -0.393. The van der Waals surface area contributed by atoms with E-state index >= 15 is 0 Å². The Kier molecular flexibility index (Phi) is 7.64. The second-order valence-electron chi connectivity index (χ2n) is 4.11. The van der Waals surface area contributed by atoms with Gasteiger partial charge in [0.1, 0.15) is 0 Å². The van der Waals surface area contributed by atoms with Gasteiger partial charge in [-0.25, -0.2) is 0 Å². The van der Waals surface area contributed by atoms with Gasteiger partial charge in [-0.3, -0.25) is 0 Å². The smallest absolute Gasteiger partial charge is 0.374 e. The van der Waals surface area contributed by atoms with Crippen molar-refractivity contribution in [3.63, 3.8) is 0 Å². The maximum absolute atomic E-state index is 5.84. The third kappa shape index (κ3) is 5.24. The summed E-state index contributed by atoms with van der Waals surface area (Å²) in [5, 5.41) is 0. The standard InChI is InChI=1S/C14H23ClO3Si/c1-4-16-19(17-5-2,18-6-3)12-14-9-7-13(11-15)8-10-14/h7-10H,4-6,11-12H2,1-3H3. The molecule has 5 heteroatoms. The molecule has 0 aliphatic carbocycles. The van der Waals surface area contributed by atoms with Gasteiger partial charge in [0.05, 0.1) is 0 Å². The number of benzene rings is 1. The lowest BCUT2D eigenvalue weighted by Crippen LogP contribution is -2.48. The quantitative estimate of drug-likeness (QED) is 0.516. The normalized spacial score (nSPS) is 11.8. The van der Waals surface area contributed by atoms with E-state index in [1.165, 1.54) is 0 Å². The van der Waals surface area contributed by atoms with Crippen molar-refractivity contribution in [1.82, 2.24) is 0 Å². The molecule has 0 N–H and O–H groups in total. The van der Waals surface area contributed by atoms with E-state index in [1.807, 2.05) is 32.9 Å². The van der Waals surface area contributed by atoms with Crippen LogP contribution in [-0.2, 0) is 25.2 Å². The second kappa shape index (κ2) is 8.71. The van der Waals surface area contributed by atoms with Crippen LogP contribution in [0.3, 0.4) is 0 Å². The van der Waals surface area contributed by atoms with E-state index in [4.69, 9.17) is 24.9 Å². The largest absolute Gasteiger partial charge is 0.505 e. The van der Waals surface area contributed by atoms with Crippen LogP contribution in [0.25, 0.3) is 0 Å². The molecule has 0 amide bonds. The molecule has 0 aliphatic heterocycles. The molecule has 0 spiro atoms. The highest BCUT2D eigenvalue weighted by atomic mass is 35.5. The fourth-order valence-corrected chi connectivity index (χ4v) is 4.72. The van der Waals surface area contributed by atoms with Crippen molar-refractivity contribution >= 4 is 20.4 Å². The van der Waals surface area contributed by atoms with E-state index in [-0.39, 0.29) is 0 Å². The Labute approximate surface area is 122 Å². The highest BCUT2D eigenvalue weighted by molar-refractivity contribution is 6.60. The van der Waals surface area contributed by atoms with E-state index < -0.39 is 8.80 Å². The number of halogens is 1. The summed E-state index contributed by atoms with van der Waals surface area (Å²) in [6.45, 7) is 7.72. The Morgan fingerprint density at radius 2 is 1.26 bits per heavy atom. The Bertz CT molecular complexity index is 339. The van der Waals surface area contributed by atoms with Crippen molar-refractivity contribution in [3.05, 3.63) is 35.4 Å². The molecule has 0 saturated carbocycles. The minimum Gasteiger partial charge on any atom is -0.374 e. The van der Waals surface area contributed by atoms with Crippen molar-refractivity contribution in [2.45, 2.75) is 32.7 Å². The molecule has 3 nitrogen and oxygen atoms in total. The molecule has 1 rings (SSSR count). The fourth-order valence-electron chi connectivity index (χ4n) is 1.93. The first-order valence-electron chi connectivity index (χ1n) is 6.75. The highest BCUT2D eigenvalue weighted by Gasteiger charge is 2.40. The minimum absolute atomic E-state index is 0.533. The molecule has 0 aromatic heterocycles. The average Bonchev–Trinajstić information content (AvgIpc) is 2.40. The Morgan fingerprint density at radius 1 is 0.842 bits per heavy atom. The Morgan fingerprint density at radius 3 is 1.63 bits per heavy atom. The van der Waals surface area contributed by atoms with Gasteiger partial charge in [0.2, 0.25) is 0 Å². The Balaban J connectivity index is 2.84. The summed E-state index contributed by atoms with van der Waals surface area (Å²) >= 11 is 5.80. The summed E-state index contributed by atoms with van der Waals surface area (Å²) in [6, 6.07) is 8.90. The lowest BCUT2D eigenvalue weighted by molar-refractivity contribution is 0.0704. The van der Waals surface area contributed by atoms with Crippen molar-refractivity contribution in [2.75, 3.05) is 19.8 Å². The molecule has 0 atom stereocenters. The van der Waals surface area contributed by atoms with Crippen LogP contribution in [0.15, 0.2) is 24.3 Å². The van der Waals surface area contributed by atoms with Crippen LogP contribution in [0.5, 0.6) is 0 Å². The van der Waals surface area contributed by atoms with E-state index in [9.17, 15) is 0 Å². The van der Waals surface area contributed by atoms with Gasteiger partial charge in [0.15, 0.2) is 0 Å². The lowest BCUT2D eigenvalue weighted by atomic mass is 10.2. The van der Waals surface area contributed by atoms with Gasteiger partial charge in [-0.05, 0) is 31.9 Å². The van der Waals surface area contributed by atoms with Crippen molar-refractivity contribution in [1.29, 1.82) is 0 Å². The summed E-state index contributed by atoms with van der Waals surface area (Å²) in [5.41, 5.74) is 2.28. The molecule has 19 heavy (non-hydrogen) atoms. The van der Waals surface area contributed by atoms with Gasteiger partial charge in [-0.2, -0.15) is 0 Å². The maximum Gasteiger partial charge on any atom is 0.505 e. The van der Waals surface area contributed by atoms with Crippen LogP contribution >= 0.6 is 11.6 Å². The first-order chi connectivity index (χ1) is 9.19. The highest BCUT2D eigenvalue weighted by Crippen LogP contribution is 2.18. The molecule has 0 bridgehead atoms. The summed E-state index contributed by atoms with van der Waals surface area (Å²) < 4.78 is 17.5. The third-order valence-electron chi connectivity index (χ3n) is 2.69. The average molecular weight is 303 g/mol. The van der Waals surface area contributed by atoms with Crippen molar-refractivity contribution < 1.29 is 13.3 Å². The van der Waals surface area contributed by atoms with Gasteiger partial charge in [-0.1, -0.05) is 24.3 Å². The number of hydrogen-bond acceptors (Lipinski definition) is 3. The summed E-state index contributed by atoms with van der Waals surface area (Å²) in [7, 11) is -2.60. The molecule has 0 saturated heterocycles. The zero-order valence-electron chi connectivity index (χ0n) is 11.9. The zero-order chi connectivity index (χ0) is 14.1. The minimum atomic E-state index is -2.60. The molecule has 1 aromatic rings. The molecular formula is C14H23ClO3Si. The van der Waals surface area contributed by atoms with Crippen LogP contribution in [-0.4, -0.2) is 28.6 Å². The van der Waals surface area contributed by atoms with Crippen molar-refractivity contribution in [2.24, 2.45) is 0 Å². The third-order valence-corrected chi connectivity index (χ3v) is 6.03. The van der Waals surface area contributed by atoms with E-state index in [1.54, 1.807) is 0 Å². The molecule has 0 heterocycles. The molecule has 0 fully saturated rings. The van der Waals surface area contributed by atoms with Crippen LogP contribution in [0.1, 0.15) is 31.9 Å². The first-order valence-corrected chi connectivity index (χ1v) is 9.22. The predicted octanol–water partition coefficient (Wildman–Crippen LogP) is 3.56. The van der Waals surface area contributed by atoms with Gasteiger partial charge >= 0.3 is 8.80 Å². The van der Waals surface area contributed by atoms with Gasteiger partial charge in [-0.15, -0.1) is 11.6 Å². The van der Waals surface area contributed by atoms with Crippen LogP contribution < -0.4 is 0 Å². The molecule has 108 valence electrons.